The molecule has 1 aromatic heterocycles. The molecule has 0 saturated heterocycles. The van der Waals surface area contributed by atoms with E-state index in [4.69, 9.17) is 0 Å². The predicted octanol–water partition coefficient (Wildman–Crippen LogP) is 2.76. The molecule has 0 atom stereocenters. The third-order valence-electron chi connectivity index (χ3n) is 2.78. The van der Waals surface area contributed by atoms with Crippen LogP contribution in [-0.4, -0.2) is 18.1 Å². The van der Waals surface area contributed by atoms with E-state index in [9.17, 15) is 18.0 Å². The Morgan fingerprint density at radius 2 is 2.00 bits per heavy atom. The molecule has 2 aromatic rings. The summed E-state index contributed by atoms with van der Waals surface area (Å²) in [5.74, 6) is -4.51. The Bertz CT molecular complexity index is 643. The maximum Gasteiger partial charge on any atom is 0.305 e. The second-order valence-electron chi connectivity index (χ2n) is 3.92. The number of esters is 1. The van der Waals surface area contributed by atoms with Gasteiger partial charge in [0.25, 0.3) is 0 Å². The highest BCUT2D eigenvalue weighted by Gasteiger charge is 2.16. The van der Waals surface area contributed by atoms with Gasteiger partial charge in [-0.05, 0) is 12.1 Å². The number of fused-ring (bicyclic) bond motifs is 1. The van der Waals surface area contributed by atoms with Crippen LogP contribution in [0, 0.1) is 17.5 Å². The van der Waals surface area contributed by atoms with Crippen LogP contribution in [0.25, 0.3) is 10.8 Å². The van der Waals surface area contributed by atoms with E-state index in [1.165, 1.54) is 19.4 Å². The van der Waals surface area contributed by atoms with E-state index in [1.807, 2.05) is 0 Å². The van der Waals surface area contributed by atoms with Crippen molar-refractivity contribution in [2.45, 2.75) is 12.8 Å². The average Bonchev–Trinajstić information content (AvgIpc) is 2.42. The highest BCUT2D eigenvalue weighted by molar-refractivity contribution is 5.85. The van der Waals surface area contributed by atoms with Crippen LogP contribution in [0.3, 0.4) is 0 Å². The van der Waals surface area contributed by atoms with Crippen LogP contribution in [-0.2, 0) is 16.0 Å². The molecule has 6 heteroatoms. The van der Waals surface area contributed by atoms with E-state index in [-0.39, 0.29) is 23.6 Å². The molecule has 0 radical (unpaired) electrons. The van der Waals surface area contributed by atoms with Gasteiger partial charge in [-0.3, -0.25) is 9.78 Å². The molecule has 19 heavy (non-hydrogen) atoms. The van der Waals surface area contributed by atoms with Gasteiger partial charge >= 0.3 is 5.97 Å². The lowest BCUT2D eigenvalue weighted by atomic mass is 10.1. The van der Waals surface area contributed by atoms with Crippen molar-refractivity contribution in [3.63, 3.8) is 0 Å². The first-order valence-electron chi connectivity index (χ1n) is 5.52. The van der Waals surface area contributed by atoms with Crippen molar-refractivity contribution >= 4 is 16.7 Å². The van der Waals surface area contributed by atoms with Crippen LogP contribution in [0.4, 0.5) is 13.2 Å². The predicted molar refractivity (Wildman–Crippen MR) is 62.0 cm³/mol. The molecule has 1 aromatic carbocycles. The van der Waals surface area contributed by atoms with Crippen molar-refractivity contribution in [1.29, 1.82) is 0 Å². The lowest BCUT2D eigenvalue weighted by molar-refractivity contribution is -0.140. The number of ether oxygens (including phenoxy) is 1. The highest BCUT2D eigenvalue weighted by atomic mass is 19.2. The summed E-state index contributed by atoms with van der Waals surface area (Å²) >= 11 is 0. The quantitative estimate of drug-likeness (QED) is 0.635. The molecule has 0 aliphatic heterocycles. The number of pyridine rings is 1. The zero-order valence-electron chi connectivity index (χ0n) is 10.0. The fourth-order valence-electron chi connectivity index (χ4n) is 1.80. The summed E-state index contributed by atoms with van der Waals surface area (Å²) in [6.45, 7) is 0. The molecular weight excluding hydrogens is 259 g/mol. The Morgan fingerprint density at radius 3 is 2.68 bits per heavy atom. The number of aromatic nitrogens is 1. The number of carbonyl (C=O) groups excluding carboxylic acids is 1. The normalized spacial score (nSPS) is 10.7. The Kier molecular flexibility index (Phi) is 3.69. The van der Waals surface area contributed by atoms with Crippen LogP contribution in [0.1, 0.15) is 12.1 Å². The van der Waals surface area contributed by atoms with E-state index in [1.54, 1.807) is 0 Å². The smallest absolute Gasteiger partial charge is 0.305 e. The van der Waals surface area contributed by atoms with Crippen molar-refractivity contribution in [3.8, 4) is 0 Å². The first kappa shape index (κ1) is 13.3. The minimum atomic E-state index is -1.52. The summed E-state index contributed by atoms with van der Waals surface area (Å²) in [4.78, 5) is 15.0. The summed E-state index contributed by atoms with van der Waals surface area (Å²) in [5.41, 5.74) is 0.320. The first-order valence-corrected chi connectivity index (χ1v) is 5.52. The van der Waals surface area contributed by atoms with E-state index >= 15 is 0 Å². The van der Waals surface area contributed by atoms with E-state index in [0.717, 1.165) is 6.07 Å². The lowest BCUT2D eigenvalue weighted by Crippen LogP contribution is -2.04. The van der Waals surface area contributed by atoms with Crippen LogP contribution >= 0.6 is 0 Å². The number of rotatable bonds is 3. The molecule has 0 aliphatic rings. The Hall–Kier alpha value is -2.11. The molecule has 0 bridgehead atoms. The number of hydrogen-bond acceptors (Lipinski definition) is 3. The highest BCUT2D eigenvalue weighted by Crippen LogP contribution is 2.25. The molecule has 0 spiro atoms. The molecule has 0 aliphatic carbocycles. The van der Waals surface area contributed by atoms with Gasteiger partial charge in [0.1, 0.15) is 0 Å². The van der Waals surface area contributed by atoms with Crippen LogP contribution < -0.4 is 0 Å². The van der Waals surface area contributed by atoms with Gasteiger partial charge in [0.15, 0.2) is 17.5 Å². The summed E-state index contributed by atoms with van der Waals surface area (Å²) < 4.78 is 44.4. The monoisotopic (exact) mass is 269 g/mol. The molecule has 0 fully saturated rings. The van der Waals surface area contributed by atoms with E-state index in [2.05, 4.69) is 9.72 Å². The fraction of sp³-hybridized carbons (Fsp3) is 0.231. The van der Waals surface area contributed by atoms with Gasteiger partial charge < -0.3 is 4.74 Å². The number of benzene rings is 1. The zero-order valence-corrected chi connectivity index (χ0v) is 10.0. The summed E-state index contributed by atoms with van der Waals surface area (Å²) in [5, 5.41) is 0.0940. The number of carbonyl (C=O) groups is 1. The molecular formula is C13H10F3NO2. The van der Waals surface area contributed by atoms with Crippen LogP contribution in [0.15, 0.2) is 18.3 Å². The third kappa shape index (κ3) is 2.52. The minimum Gasteiger partial charge on any atom is -0.469 e. The number of halogens is 3. The molecule has 0 N–H and O–H groups in total. The van der Waals surface area contributed by atoms with Crippen LogP contribution in [0.5, 0.6) is 0 Å². The maximum absolute atomic E-state index is 13.6. The second-order valence-corrected chi connectivity index (χ2v) is 3.92. The van der Waals surface area contributed by atoms with Crippen molar-refractivity contribution in [2.75, 3.05) is 7.11 Å². The zero-order chi connectivity index (χ0) is 14.0. The second kappa shape index (κ2) is 5.26. The van der Waals surface area contributed by atoms with Gasteiger partial charge in [0, 0.05) is 29.1 Å². The summed E-state index contributed by atoms with van der Waals surface area (Å²) in [6, 6.07) is 2.14. The number of methoxy groups -OCH3 is 1. The lowest BCUT2D eigenvalue weighted by Gasteiger charge is -2.07. The van der Waals surface area contributed by atoms with Gasteiger partial charge in [0.05, 0.1) is 13.5 Å². The maximum atomic E-state index is 13.6. The summed E-state index contributed by atoms with van der Waals surface area (Å²) in [6.07, 6.45) is 1.48. The van der Waals surface area contributed by atoms with Gasteiger partial charge in [-0.1, -0.05) is 0 Å². The van der Waals surface area contributed by atoms with Gasteiger partial charge in [0.2, 0.25) is 0 Å². The standard InChI is InChI=1S/C13H10F3NO2/c1-19-11(18)3-2-10-8-6-9(14)13(16)12(15)7(8)4-5-17-10/h4-6H,2-3H2,1H3. The Morgan fingerprint density at radius 1 is 1.26 bits per heavy atom. The number of nitrogens with zero attached hydrogens (tertiary/aromatic N) is 1. The number of hydrogen-bond donors (Lipinski definition) is 0. The molecule has 0 unspecified atom stereocenters. The van der Waals surface area contributed by atoms with E-state index < -0.39 is 23.4 Å². The Balaban J connectivity index is 2.48. The minimum absolute atomic E-state index is 0.0310. The Labute approximate surface area is 107 Å². The molecule has 0 amide bonds. The molecule has 3 nitrogen and oxygen atoms in total. The summed E-state index contributed by atoms with van der Waals surface area (Å²) in [7, 11) is 1.24. The van der Waals surface area contributed by atoms with Crippen LogP contribution in [0.2, 0.25) is 0 Å². The van der Waals surface area contributed by atoms with Gasteiger partial charge in [-0.2, -0.15) is 0 Å². The SMILES string of the molecule is COC(=O)CCc1nccc2c(F)c(F)c(F)cc12. The topological polar surface area (TPSA) is 39.2 Å². The van der Waals surface area contributed by atoms with Crippen molar-refractivity contribution < 1.29 is 22.7 Å². The molecule has 1 heterocycles. The molecule has 100 valence electrons. The third-order valence-corrected chi connectivity index (χ3v) is 2.78. The van der Waals surface area contributed by atoms with Gasteiger partial charge in [-0.25, -0.2) is 13.2 Å². The van der Waals surface area contributed by atoms with Gasteiger partial charge in [-0.15, -0.1) is 0 Å². The first-order chi connectivity index (χ1) is 9.04. The van der Waals surface area contributed by atoms with Crippen molar-refractivity contribution in [1.82, 2.24) is 4.98 Å². The molecule has 2 rings (SSSR count). The van der Waals surface area contributed by atoms with Crippen molar-refractivity contribution in [2.24, 2.45) is 0 Å². The average molecular weight is 269 g/mol. The fourth-order valence-corrected chi connectivity index (χ4v) is 1.80. The van der Waals surface area contributed by atoms with Crippen molar-refractivity contribution in [3.05, 3.63) is 41.5 Å². The largest absolute Gasteiger partial charge is 0.469 e. The molecule has 0 saturated carbocycles. The number of aryl methyl sites for hydroxylation is 1. The van der Waals surface area contributed by atoms with E-state index in [0.29, 0.717) is 5.69 Å².